The summed E-state index contributed by atoms with van der Waals surface area (Å²) < 4.78 is 25.9. The molecule has 0 aromatic carbocycles. The van der Waals surface area contributed by atoms with E-state index in [0.717, 1.165) is 0 Å². The summed E-state index contributed by atoms with van der Waals surface area (Å²) in [6, 6.07) is 4.49. The zero-order valence-corrected chi connectivity index (χ0v) is 12.1. The summed E-state index contributed by atoms with van der Waals surface area (Å²) in [4.78, 5) is 11.9. The van der Waals surface area contributed by atoms with E-state index >= 15 is 0 Å². The van der Waals surface area contributed by atoms with Crippen molar-refractivity contribution >= 4 is 26.4 Å². The molecule has 0 radical (unpaired) electrons. The number of nitro groups is 1. The van der Waals surface area contributed by atoms with Gasteiger partial charge >= 0.3 is 5.00 Å². The van der Waals surface area contributed by atoms with Crippen LogP contribution < -0.4 is 0 Å². The predicted molar refractivity (Wildman–Crippen MR) is 71.8 cm³/mol. The molecule has 108 valence electrons. The minimum absolute atomic E-state index is 0.0158. The third-order valence-corrected chi connectivity index (χ3v) is 6.37. The van der Waals surface area contributed by atoms with Gasteiger partial charge in [0.05, 0.1) is 17.5 Å². The highest BCUT2D eigenvalue weighted by atomic mass is 32.2. The first-order chi connectivity index (χ1) is 9.45. The molecule has 0 aliphatic carbocycles. The Bertz CT molecular complexity index is 640. The molecule has 8 nitrogen and oxygen atoms in total. The van der Waals surface area contributed by atoms with Crippen LogP contribution in [0.5, 0.6) is 0 Å². The lowest BCUT2D eigenvalue weighted by atomic mass is 10.4. The van der Waals surface area contributed by atoms with Crippen LogP contribution in [0.2, 0.25) is 0 Å². The number of nitrogens with zero attached hydrogens (tertiary/aromatic N) is 4. The van der Waals surface area contributed by atoms with Crippen LogP contribution in [0.15, 0.2) is 16.3 Å². The third-order valence-electron chi connectivity index (χ3n) is 2.97. The molecule has 0 bridgehead atoms. The minimum atomic E-state index is -3.68. The van der Waals surface area contributed by atoms with E-state index < -0.39 is 14.9 Å². The van der Waals surface area contributed by atoms with Gasteiger partial charge in [0.15, 0.2) is 0 Å². The lowest BCUT2D eigenvalue weighted by Gasteiger charge is -2.32. The molecule has 1 aromatic rings. The first-order valence-corrected chi connectivity index (χ1v) is 8.04. The molecule has 0 spiro atoms. The Kier molecular flexibility index (Phi) is 4.34. The van der Waals surface area contributed by atoms with Crippen molar-refractivity contribution in [3.05, 3.63) is 22.2 Å². The zero-order valence-electron chi connectivity index (χ0n) is 10.4. The summed E-state index contributed by atoms with van der Waals surface area (Å²) in [5.41, 5.74) is 0. The SMILES string of the molecule is N#CCN1CCN(S(=O)(=O)c2ccc([N+](=O)[O-])s2)CC1. The second kappa shape index (κ2) is 5.84. The second-order valence-corrected chi connectivity index (χ2v) is 7.42. The molecule has 1 aromatic heterocycles. The Labute approximate surface area is 120 Å². The van der Waals surface area contributed by atoms with Gasteiger partial charge in [-0.2, -0.15) is 9.57 Å². The molecule has 1 aliphatic rings. The van der Waals surface area contributed by atoms with E-state index in [4.69, 9.17) is 5.26 Å². The number of thiophene rings is 1. The molecule has 2 rings (SSSR count). The fraction of sp³-hybridized carbons (Fsp3) is 0.500. The van der Waals surface area contributed by atoms with Gasteiger partial charge in [0.25, 0.3) is 10.0 Å². The van der Waals surface area contributed by atoms with Crippen LogP contribution in [0.4, 0.5) is 5.00 Å². The molecule has 2 heterocycles. The van der Waals surface area contributed by atoms with Crippen molar-refractivity contribution in [2.45, 2.75) is 4.21 Å². The summed E-state index contributed by atoms with van der Waals surface area (Å²) in [5.74, 6) is 0. The highest BCUT2D eigenvalue weighted by molar-refractivity contribution is 7.91. The average Bonchev–Trinajstić information content (AvgIpc) is 2.90. The Morgan fingerprint density at radius 2 is 2.00 bits per heavy atom. The highest BCUT2D eigenvalue weighted by Gasteiger charge is 2.30. The smallest absolute Gasteiger partial charge is 0.288 e. The van der Waals surface area contributed by atoms with E-state index in [1.54, 1.807) is 0 Å². The molecule has 0 N–H and O–H groups in total. The maximum atomic E-state index is 12.3. The van der Waals surface area contributed by atoms with Crippen LogP contribution in [0, 0.1) is 21.4 Å². The van der Waals surface area contributed by atoms with E-state index in [0.29, 0.717) is 24.4 Å². The normalized spacial score (nSPS) is 17.8. The average molecular weight is 316 g/mol. The Balaban J connectivity index is 2.11. The van der Waals surface area contributed by atoms with Gasteiger partial charge in [-0.05, 0) is 17.4 Å². The zero-order chi connectivity index (χ0) is 14.8. The third kappa shape index (κ3) is 2.96. The summed E-state index contributed by atoms with van der Waals surface area (Å²) in [6.45, 7) is 1.82. The number of rotatable bonds is 4. The number of piperazine rings is 1. The number of nitriles is 1. The van der Waals surface area contributed by atoms with Gasteiger partial charge in [0.1, 0.15) is 4.21 Å². The van der Waals surface area contributed by atoms with Gasteiger partial charge in [0.2, 0.25) is 0 Å². The van der Waals surface area contributed by atoms with Crippen LogP contribution in [-0.4, -0.2) is 55.3 Å². The molecule has 0 atom stereocenters. The first-order valence-electron chi connectivity index (χ1n) is 5.79. The molecule has 0 saturated carbocycles. The van der Waals surface area contributed by atoms with E-state index in [9.17, 15) is 18.5 Å². The van der Waals surface area contributed by atoms with Gasteiger partial charge in [0, 0.05) is 32.2 Å². The molecule has 1 aliphatic heterocycles. The van der Waals surface area contributed by atoms with Gasteiger partial charge in [-0.1, -0.05) is 0 Å². The van der Waals surface area contributed by atoms with Crippen molar-refractivity contribution in [3.8, 4) is 6.07 Å². The van der Waals surface area contributed by atoms with Crippen molar-refractivity contribution < 1.29 is 13.3 Å². The topological polar surface area (TPSA) is 108 Å². The molecular formula is C10H12N4O4S2. The fourth-order valence-electron chi connectivity index (χ4n) is 1.90. The predicted octanol–water partition coefficient (Wildman–Crippen LogP) is 0.486. The fourth-order valence-corrected chi connectivity index (χ4v) is 4.59. The molecular weight excluding hydrogens is 304 g/mol. The number of hydrogen-bond donors (Lipinski definition) is 0. The highest BCUT2D eigenvalue weighted by Crippen LogP contribution is 2.30. The van der Waals surface area contributed by atoms with Crippen molar-refractivity contribution in [1.29, 1.82) is 5.26 Å². The Hall–Kier alpha value is -1.54. The van der Waals surface area contributed by atoms with E-state index in [-0.39, 0.29) is 28.8 Å². The van der Waals surface area contributed by atoms with Crippen LogP contribution >= 0.6 is 11.3 Å². The van der Waals surface area contributed by atoms with Gasteiger partial charge in [-0.15, -0.1) is 0 Å². The first kappa shape index (κ1) is 14.9. The standard InChI is InChI=1S/C10H12N4O4S2/c11-3-4-12-5-7-13(8-6-12)20(17,18)10-2-1-9(19-10)14(15)16/h1-2H,4-8H2. The quantitative estimate of drug-likeness (QED) is 0.454. The van der Waals surface area contributed by atoms with Gasteiger partial charge in [-0.25, -0.2) is 8.42 Å². The second-order valence-electron chi connectivity index (χ2n) is 4.19. The Morgan fingerprint density at radius 1 is 1.35 bits per heavy atom. The number of hydrogen-bond acceptors (Lipinski definition) is 7. The Morgan fingerprint density at radius 3 is 2.50 bits per heavy atom. The molecule has 0 unspecified atom stereocenters. The van der Waals surface area contributed by atoms with Crippen molar-refractivity contribution in [2.24, 2.45) is 0 Å². The summed E-state index contributed by atoms with van der Waals surface area (Å²) in [6.07, 6.45) is 0. The lowest BCUT2D eigenvalue weighted by Crippen LogP contribution is -2.48. The number of sulfonamides is 1. The molecule has 1 fully saturated rings. The molecule has 20 heavy (non-hydrogen) atoms. The minimum Gasteiger partial charge on any atom is -0.288 e. The van der Waals surface area contributed by atoms with E-state index in [1.807, 2.05) is 11.0 Å². The van der Waals surface area contributed by atoms with Crippen LogP contribution in [0.3, 0.4) is 0 Å². The van der Waals surface area contributed by atoms with Gasteiger partial charge < -0.3 is 0 Å². The van der Waals surface area contributed by atoms with Crippen LogP contribution in [-0.2, 0) is 10.0 Å². The van der Waals surface area contributed by atoms with Crippen molar-refractivity contribution in [1.82, 2.24) is 9.21 Å². The summed E-state index contributed by atoms with van der Waals surface area (Å²) >= 11 is 0.658. The molecule has 10 heteroatoms. The van der Waals surface area contributed by atoms with Crippen LogP contribution in [0.1, 0.15) is 0 Å². The molecule has 1 saturated heterocycles. The maximum absolute atomic E-state index is 12.3. The lowest BCUT2D eigenvalue weighted by molar-refractivity contribution is -0.380. The van der Waals surface area contributed by atoms with E-state index in [2.05, 4.69) is 0 Å². The monoisotopic (exact) mass is 316 g/mol. The maximum Gasteiger partial charge on any atom is 0.325 e. The van der Waals surface area contributed by atoms with Crippen LogP contribution in [0.25, 0.3) is 0 Å². The van der Waals surface area contributed by atoms with Crippen molar-refractivity contribution in [3.63, 3.8) is 0 Å². The van der Waals surface area contributed by atoms with Crippen molar-refractivity contribution in [2.75, 3.05) is 32.7 Å². The largest absolute Gasteiger partial charge is 0.325 e. The summed E-state index contributed by atoms with van der Waals surface area (Å²) in [7, 11) is -3.68. The van der Waals surface area contributed by atoms with Gasteiger partial charge in [-0.3, -0.25) is 15.0 Å². The van der Waals surface area contributed by atoms with E-state index in [1.165, 1.54) is 16.4 Å². The summed E-state index contributed by atoms with van der Waals surface area (Å²) in [5, 5.41) is 19.0. The molecule has 0 amide bonds.